The number of carboxylic acids is 1. The molecule has 0 saturated carbocycles. The number of phenols is 1. The highest BCUT2D eigenvalue weighted by molar-refractivity contribution is 9.09. The van der Waals surface area contributed by atoms with Crippen molar-refractivity contribution >= 4 is 33.5 Å². The minimum absolute atomic E-state index is 0.0569. The van der Waals surface area contributed by atoms with Crippen LogP contribution in [0, 0.1) is 5.92 Å². The minimum Gasteiger partial charge on any atom is -0.508 e. The predicted octanol–water partition coefficient (Wildman–Crippen LogP) is 1.84. The molecule has 1 heterocycles. The molecule has 0 spiro atoms. The lowest BCUT2D eigenvalue weighted by atomic mass is 10.1. The number of rotatable bonds is 3. The van der Waals surface area contributed by atoms with Gasteiger partial charge in [0.1, 0.15) is 5.75 Å². The summed E-state index contributed by atoms with van der Waals surface area (Å²) in [6.07, 6.45) is 0.408. The second-order valence-electron chi connectivity index (χ2n) is 4.24. The Morgan fingerprint density at radius 3 is 2.78 bits per heavy atom. The molecule has 0 aliphatic carbocycles. The molecule has 0 bridgehead atoms. The predicted molar refractivity (Wildman–Crippen MR) is 69.3 cm³/mol. The normalized spacial score (nSPS) is 19.3. The number of amides is 1. The van der Waals surface area contributed by atoms with Gasteiger partial charge in [0.2, 0.25) is 5.91 Å². The zero-order chi connectivity index (χ0) is 13.3. The van der Waals surface area contributed by atoms with Crippen molar-refractivity contribution < 1.29 is 19.8 Å². The van der Waals surface area contributed by atoms with E-state index in [0.29, 0.717) is 24.0 Å². The van der Waals surface area contributed by atoms with Crippen LogP contribution in [-0.2, 0) is 4.79 Å². The smallest absolute Gasteiger partial charge is 0.337 e. The van der Waals surface area contributed by atoms with Crippen molar-refractivity contribution in [1.29, 1.82) is 0 Å². The van der Waals surface area contributed by atoms with E-state index < -0.39 is 5.97 Å². The van der Waals surface area contributed by atoms with E-state index in [1.165, 1.54) is 17.0 Å². The number of carbonyl (C=O) groups is 2. The van der Waals surface area contributed by atoms with Gasteiger partial charge in [-0.3, -0.25) is 4.79 Å². The summed E-state index contributed by atoms with van der Waals surface area (Å²) in [4.78, 5) is 24.5. The number of nitrogens with zero attached hydrogens (tertiary/aromatic N) is 1. The molecule has 1 aliphatic rings. The number of benzene rings is 1. The molecule has 1 fully saturated rings. The molecule has 1 amide bonds. The fraction of sp³-hybridized carbons (Fsp3) is 0.333. The number of anilines is 1. The van der Waals surface area contributed by atoms with E-state index in [2.05, 4.69) is 15.9 Å². The maximum absolute atomic E-state index is 11.9. The molecular formula is C12H12BrNO4. The number of carboxylic acid groups (broad SMARTS) is 1. The fourth-order valence-corrected chi connectivity index (χ4v) is 2.48. The molecule has 96 valence electrons. The Morgan fingerprint density at radius 2 is 2.22 bits per heavy atom. The molecule has 2 rings (SSSR count). The second kappa shape index (κ2) is 4.97. The van der Waals surface area contributed by atoms with Gasteiger partial charge in [0.05, 0.1) is 11.3 Å². The van der Waals surface area contributed by atoms with E-state index in [1.54, 1.807) is 0 Å². The standard InChI is InChI=1S/C12H12BrNO4/c13-5-7-3-11(16)14(6-7)10-2-1-8(15)4-9(10)12(17)18/h1-2,4,7,15H,3,5-6H2,(H,17,18). The second-order valence-corrected chi connectivity index (χ2v) is 4.88. The van der Waals surface area contributed by atoms with E-state index in [-0.39, 0.29) is 23.1 Å². The van der Waals surface area contributed by atoms with Crippen molar-refractivity contribution in [2.45, 2.75) is 6.42 Å². The van der Waals surface area contributed by atoms with Gasteiger partial charge in [-0.2, -0.15) is 0 Å². The molecule has 1 unspecified atom stereocenters. The van der Waals surface area contributed by atoms with Crippen molar-refractivity contribution in [1.82, 2.24) is 0 Å². The number of hydrogen-bond donors (Lipinski definition) is 2. The lowest BCUT2D eigenvalue weighted by Gasteiger charge is -2.18. The first kappa shape index (κ1) is 12.9. The van der Waals surface area contributed by atoms with Crippen molar-refractivity contribution in [2.75, 3.05) is 16.8 Å². The summed E-state index contributed by atoms with van der Waals surface area (Å²) in [7, 11) is 0. The molecule has 5 nitrogen and oxygen atoms in total. The van der Waals surface area contributed by atoms with E-state index in [1.807, 2.05) is 0 Å². The largest absolute Gasteiger partial charge is 0.508 e. The molecule has 6 heteroatoms. The number of phenolic OH excluding ortho intramolecular Hbond substituents is 1. The Morgan fingerprint density at radius 1 is 1.50 bits per heavy atom. The molecule has 18 heavy (non-hydrogen) atoms. The van der Waals surface area contributed by atoms with E-state index in [0.717, 1.165) is 6.07 Å². The first-order valence-electron chi connectivity index (χ1n) is 5.45. The lowest BCUT2D eigenvalue weighted by molar-refractivity contribution is -0.117. The number of aromatic hydroxyl groups is 1. The molecule has 0 aromatic heterocycles. The van der Waals surface area contributed by atoms with Crippen LogP contribution in [0.15, 0.2) is 18.2 Å². The summed E-state index contributed by atoms with van der Waals surface area (Å²) < 4.78 is 0. The maximum Gasteiger partial charge on any atom is 0.337 e. The van der Waals surface area contributed by atoms with Gasteiger partial charge in [0.15, 0.2) is 0 Å². The maximum atomic E-state index is 11.9. The quantitative estimate of drug-likeness (QED) is 0.835. The van der Waals surface area contributed by atoms with E-state index >= 15 is 0 Å². The highest BCUT2D eigenvalue weighted by atomic mass is 79.9. The van der Waals surface area contributed by atoms with Gasteiger partial charge >= 0.3 is 5.97 Å². The fourth-order valence-electron chi connectivity index (χ4n) is 2.05. The van der Waals surface area contributed by atoms with Crippen molar-refractivity contribution in [2.24, 2.45) is 5.92 Å². The summed E-state index contributed by atoms with van der Waals surface area (Å²) in [6.45, 7) is 0.495. The molecule has 1 saturated heterocycles. The van der Waals surface area contributed by atoms with Crippen LogP contribution < -0.4 is 4.90 Å². The van der Waals surface area contributed by atoms with Crippen LogP contribution in [0.3, 0.4) is 0 Å². The van der Waals surface area contributed by atoms with Gasteiger partial charge in [0.25, 0.3) is 0 Å². The average Bonchev–Trinajstić information content (AvgIpc) is 2.70. The molecule has 0 radical (unpaired) electrons. The summed E-state index contributed by atoms with van der Waals surface area (Å²) in [6, 6.07) is 4.01. The zero-order valence-electron chi connectivity index (χ0n) is 9.47. The molecule has 1 atom stereocenters. The minimum atomic E-state index is -1.16. The number of hydrogen-bond acceptors (Lipinski definition) is 3. The highest BCUT2D eigenvalue weighted by Crippen LogP contribution is 2.31. The molecule has 1 aliphatic heterocycles. The molecule has 1 aromatic carbocycles. The number of aromatic carboxylic acids is 1. The van der Waals surface area contributed by atoms with Crippen LogP contribution in [-0.4, -0.2) is 34.0 Å². The number of halogens is 1. The van der Waals surface area contributed by atoms with Gasteiger partial charge in [-0.1, -0.05) is 15.9 Å². The third-order valence-electron chi connectivity index (χ3n) is 2.92. The van der Waals surface area contributed by atoms with E-state index in [4.69, 9.17) is 5.11 Å². The zero-order valence-corrected chi connectivity index (χ0v) is 11.1. The van der Waals surface area contributed by atoms with Gasteiger partial charge in [-0.05, 0) is 24.1 Å². The van der Waals surface area contributed by atoms with Gasteiger partial charge in [-0.25, -0.2) is 4.79 Å². The summed E-state index contributed by atoms with van der Waals surface area (Å²) in [5, 5.41) is 19.1. The van der Waals surface area contributed by atoms with Crippen LogP contribution in [0.2, 0.25) is 0 Å². The molecule has 1 aromatic rings. The van der Waals surface area contributed by atoms with E-state index in [9.17, 15) is 14.7 Å². The first-order valence-corrected chi connectivity index (χ1v) is 6.57. The Bertz CT molecular complexity index is 503. The molecular weight excluding hydrogens is 302 g/mol. The topological polar surface area (TPSA) is 77.8 Å². The number of carbonyl (C=O) groups excluding carboxylic acids is 1. The Balaban J connectivity index is 2.39. The Labute approximate surface area is 112 Å². The van der Waals surface area contributed by atoms with Gasteiger partial charge < -0.3 is 15.1 Å². The third-order valence-corrected chi connectivity index (χ3v) is 3.84. The van der Waals surface area contributed by atoms with Crippen LogP contribution in [0.1, 0.15) is 16.8 Å². The lowest BCUT2D eigenvalue weighted by Crippen LogP contribution is -2.26. The summed E-state index contributed by atoms with van der Waals surface area (Å²) in [5.41, 5.74) is 0.285. The summed E-state index contributed by atoms with van der Waals surface area (Å²) >= 11 is 3.33. The summed E-state index contributed by atoms with van der Waals surface area (Å²) in [5.74, 6) is -1.18. The average molecular weight is 314 g/mol. The van der Waals surface area contributed by atoms with Crippen molar-refractivity contribution in [3.8, 4) is 5.75 Å². The SMILES string of the molecule is O=C(O)c1cc(O)ccc1N1CC(CBr)CC1=O. The van der Waals surface area contributed by atoms with Gasteiger partial charge in [0, 0.05) is 18.3 Å². The van der Waals surface area contributed by atoms with Crippen LogP contribution >= 0.6 is 15.9 Å². The Kier molecular flexibility index (Phi) is 3.56. The highest BCUT2D eigenvalue weighted by Gasteiger charge is 2.32. The first-order chi connectivity index (χ1) is 8.52. The third kappa shape index (κ3) is 2.33. The monoisotopic (exact) mass is 313 g/mol. The Hall–Kier alpha value is -1.56. The number of alkyl halides is 1. The van der Waals surface area contributed by atoms with Crippen molar-refractivity contribution in [3.63, 3.8) is 0 Å². The van der Waals surface area contributed by atoms with Crippen LogP contribution in [0.25, 0.3) is 0 Å². The van der Waals surface area contributed by atoms with Gasteiger partial charge in [-0.15, -0.1) is 0 Å². The molecule has 2 N–H and O–H groups in total. The van der Waals surface area contributed by atoms with Crippen LogP contribution in [0.5, 0.6) is 5.75 Å². The van der Waals surface area contributed by atoms with Crippen LogP contribution in [0.4, 0.5) is 5.69 Å². The van der Waals surface area contributed by atoms with Crippen molar-refractivity contribution in [3.05, 3.63) is 23.8 Å².